The third-order valence-electron chi connectivity index (χ3n) is 7.74. The highest BCUT2D eigenvalue weighted by Crippen LogP contribution is 2.34. The summed E-state index contributed by atoms with van der Waals surface area (Å²) in [5.41, 5.74) is 6.91. The Morgan fingerprint density at radius 2 is 1.48 bits per heavy atom. The van der Waals surface area contributed by atoms with E-state index in [1.807, 2.05) is 48.7 Å². The van der Waals surface area contributed by atoms with Gasteiger partial charge in [0.05, 0.1) is 17.6 Å². The van der Waals surface area contributed by atoms with Crippen molar-refractivity contribution >= 4 is 28.5 Å². The van der Waals surface area contributed by atoms with Crippen LogP contribution >= 0.6 is 0 Å². The lowest BCUT2D eigenvalue weighted by Crippen LogP contribution is -2.26. The molecule has 2 saturated carbocycles. The van der Waals surface area contributed by atoms with Crippen LogP contribution in [-0.2, 0) is 0 Å². The minimum absolute atomic E-state index is 0.0971. The van der Waals surface area contributed by atoms with Gasteiger partial charge in [-0.15, -0.1) is 0 Å². The molecule has 218 valence electrons. The summed E-state index contributed by atoms with van der Waals surface area (Å²) in [4.78, 5) is 29.9. The van der Waals surface area contributed by atoms with Crippen molar-refractivity contribution in [3.63, 3.8) is 0 Å². The second-order valence-electron chi connectivity index (χ2n) is 11.3. The fourth-order valence-electron chi connectivity index (χ4n) is 5.09. The van der Waals surface area contributed by atoms with Crippen LogP contribution in [0.2, 0.25) is 0 Å². The highest BCUT2D eigenvalue weighted by molar-refractivity contribution is 5.98. The molecule has 2 fully saturated rings. The molecular formula is C32H32F3N5O2. The summed E-state index contributed by atoms with van der Waals surface area (Å²) in [5, 5.41) is 8.96. The van der Waals surface area contributed by atoms with E-state index in [2.05, 4.69) is 20.9 Å². The molecule has 0 unspecified atom stereocenters. The Labute approximate surface area is 241 Å². The number of carbonyl (C=O) groups excluding carboxylic acids is 2. The number of hydrogen-bond donors (Lipinski definition) is 3. The molecule has 0 spiro atoms. The minimum atomic E-state index is -4.29. The maximum absolute atomic E-state index is 13.0. The number of alkyl halides is 3. The van der Waals surface area contributed by atoms with Crippen LogP contribution in [0.4, 0.5) is 18.9 Å². The molecule has 6 rings (SSSR count). The van der Waals surface area contributed by atoms with Crippen molar-refractivity contribution in [3.8, 4) is 16.8 Å². The van der Waals surface area contributed by atoms with E-state index in [1.165, 1.54) is 0 Å². The van der Waals surface area contributed by atoms with E-state index in [0.29, 0.717) is 27.8 Å². The molecule has 0 radical (unpaired) electrons. The topological polar surface area (TPSA) is 88.1 Å². The van der Waals surface area contributed by atoms with Crippen LogP contribution in [0.25, 0.3) is 27.8 Å². The summed E-state index contributed by atoms with van der Waals surface area (Å²) in [6.07, 6.45) is 0.365. The number of rotatable bonds is 9. The monoisotopic (exact) mass is 575 g/mol. The number of nitrogens with zero attached hydrogens (tertiary/aromatic N) is 2. The van der Waals surface area contributed by atoms with Gasteiger partial charge in [0.2, 0.25) is 0 Å². The van der Waals surface area contributed by atoms with Gasteiger partial charge in [-0.3, -0.25) is 14.2 Å². The molecule has 2 aliphatic carbocycles. The van der Waals surface area contributed by atoms with E-state index >= 15 is 0 Å². The number of nitrogens with one attached hydrogen (secondary N) is 3. The van der Waals surface area contributed by atoms with Gasteiger partial charge in [0.15, 0.2) is 0 Å². The maximum Gasteiger partial charge on any atom is 0.390 e. The molecule has 0 bridgehead atoms. The summed E-state index contributed by atoms with van der Waals surface area (Å²) in [7, 11) is 0. The number of aryl methyl sites for hydroxylation is 2. The van der Waals surface area contributed by atoms with E-state index in [1.54, 1.807) is 24.5 Å². The van der Waals surface area contributed by atoms with Crippen molar-refractivity contribution in [3.05, 3.63) is 77.1 Å². The highest BCUT2D eigenvalue weighted by Gasteiger charge is 2.27. The quantitative estimate of drug-likeness (QED) is 0.214. The van der Waals surface area contributed by atoms with E-state index in [4.69, 9.17) is 0 Å². The number of carbonyl (C=O) groups is 2. The molecule has 2 amide bonds. The van der Waals surface area contributed by atoms with Crippen molar-refractivity contribution in [1.82, 2.24) is 20.2 Å². The number of aromatic nitrogens is 2. The Morgan fingerprint density at radius 1 is 0.857 bits per heavy atom. The van der Waals surface area contributed by atoms with Gasteiger partial charge in [-0.1, -0.05) is 12.1 Å². The molecule has 0 saturated heterocycles. The van der Waals surface area contributed by atoms with Crippen molar-refractivity contribution in [2.45, 2.75) is 64.2 Å². The average Bonchev–Trinajstić information content (AvgIpc) is 3.87. The molecule has 42 heavy (non-hydrogen) atoms. The van der Waals surface area contributed by atoms with Gasteiger partial charge in [-0.25, -0.2) is 4.98 Å². The smallest absolute Gasteiger partial charge is 0.383 e. The number of anilines is 1. The number of imidazole rings is 1. The van der Waals surface area contributed by atoms with E-state index < -0.39 is 12.6 Å². The summed E-state index contributed by atoms with van der Waals surface area (Å²) < 4.78 is 40.7. The van der Waals surface area contributed by atoms with Gasteiger partial charge in [-0.05, 0) is 98.2 Å². The van der Waals surface area contributed by atoms with Gasteiger partial charge < -0.3 is 16.0 Å². The van der Waals surface area contributed by atoms with Gasteiger partial charge in [0.1, 0.15) is 11.8 Å². The molecule has 0 atom stereocenters. The number of hydrogen-bond acceptors (Lipinski definition) is 4. The van der Waals surface area contributed by atoms with Crippen LogP contribution in [0.3, 0.4) is 0 Å². The number of benzene rings is 3. The Bertz CT molecular complexity index is 1690. The Kier molecular flexibility index (Phi) is 7.16. The third kappa shape index (κ3) is 6.12. The molecule has 4 aromatic rings. The zero-order chi connectivity index (χ0) is 29.6. The zero-order valence-electron chi connectivity index (χ0n) is 23.4. The van der Waals surface area contributed by atoms with Crippen LogP contribution in [0.1, 0.15) is 63.9 Å². The minimum Gasteiger partial charge on any atom is -0.383 e. The number of fused-ring (bicyclic) bond motifs is 1. The summed E-state index contributed by atoms with van der Waals surface area (Å²) in [6, 6.07) is 15.3. The second-order valence-corrected chi connectivity index (χ2v) is 11.3. The second kappa shape index (κ2) is 10.8. The van der Waals surface area contributed by atoms with Crippen LogP contribution in [0.15, 0.2) is 54.9 Å². The molecular weight excluding hydrogens is 543 g/mol. The van der Waals surface area contributed by atoms with Crippen molar-refractivity contribution < 1.29 is 22.8 Å². The van der Waals surface area contributed by atoms with E-state index in [0.717, 1.165) is 53.6 Å². The van der Waals surface area contributed by atoms with Crippen molar-refractivity contribution in [2.75, 3.05) is 11.9 Å². The highest BCUT2D eigenvalue weighted by atomic mass is 19.4. The lowest BCUT2D eigenvalue weighted by atomic mass is 9.98. The lowest BCUT2D eigenvalue weighted by Gasteiger charge is -2.14. The SMILES string of the molecule is Cc1cc(-c2cc(NCCC(F)(F)F)c3ncn(-c4ccc(C(=O)NC5CC5)c(C)c4)c3c2)ccc1C(=O)NC1CC1. The van der Waals surface area contributed by atoms with Crippen molar-refractivity contribution in [1.29, 1.82) is 0 Å². The first-order valence-corrected chi connectivity index (χ1v) is 14.2. The maximum atomic E-state index is 13.0. The summed E-state index contributed by atoms with van der Waals surface area (Å²) >= 11 is 0. The number of halogens is 3. The lowest BCUT2D eigenvalue weighted by molar-refractivity contribution is -0.131. The van der Waals surface area contributed by atoms with Crippen LogP contribution in [0.5, 0.6) is 0 Å². The van der Waals surface area contributed by atoms with E-state index in [9.17, 15) is 22.8 Å². The van der Waals surface area contributed by atoms with Crippen LogP contribution < -0.4 is 16.0 Å². The molecule has 3 aromatic carbocycles. The molecule has 10 heteroatoms. The fraction of sp³-hybridized carbons (Fsp3) is 0.344. The van der Waals surface area contributed by atoms with E-state index in [-0.39, 0.29) is 30.4 Å². The van der Waals surface area contributed by atoms with Gasteiger partial charge in [0, 0.05) is 35.4 Å². The standard InChI is InChI=1S/C32H32F3N5O2/c1-18-13-20(3-9-25(18)30(41)38-22-4-5-22)21-15-27(36-12-11-32(33,34)35)29-28(16-21)40(17-37-29)24-8-10-26(19(2)14-24)31(42)39-23-6-7-23/h3,8-10,13-17,22-23,36H,4-7,11-12H2,1-2H3,(H,38,41)(H,39,42). The Balaban J connectivity index is 1.37. The summed E-state index contributed by atoms with van der Waals surface area (Å²) in [6.45, 7) is 3.46. The van der Waals surface area contributed by atoms with Crippen LogP contribution in [0, 0.1) is 13.8 Å². The van der Waals surface area contributed by atoms with Crippen LogP contribution in [-0.4, -0.2) is 46.2 Å². The third-order valence-corrected chi connectivity index (χ3v) is 7.74. The number of amides is 2. The predicted octanol–water partition coefficient (Wildman–Crippen LogP) is 6.46. The van der Waals surface area contributed by atoms with Gasteiger partial charge >= 0.3 is 6.18 Å². The largest absolute Gasteiger partial charge is 0.390 e. The van der Waals surface area contributed by atoms with Gasteiger partial charge in [-0.2, -0.15) is 13.2 Å². The van der Waals surface area contributed by atoms with Gasteiger partial charge in [0.25, 0.3) is 11.8 Å². The first-order chi connectivity index (χ1) is 20.1. The molecule has 3 N–H and O–H groups in total. The zero-order valence-corrected chi connectivity index (χ0v) is 23.4. The first kappa shape index (κ1) is 27.8. The summed E-state index contributed by atoms with van der Waals surface area (Å²) in [5.74, 6) is -0.200. The molecule has 7 nitrogen and oxygen atoms in total. The fourth-order valence-corrected chi connectivity index (χ4v) is 5.09. The first-order valence-electron chi connectivity index (χ1n) is 14.2. The Hall–Kier alpha value is -4.34. The Morgan fingerprint density at radius 3 is 2.05 bits per heavy atom. The normalized spacial score (nSPS) is 15.1. The van der Waals surface area contributed by atoms with Crippen molar-refractivity contribution in [2.24, 2.45) is 0 Å². The average molecular weight is 576 g/mol. The molecule has 2 aliphatic rings. The molecule has 0 aliphatic heterocycles. The molecule has 1 aromatic heterocycles. The molecule has 1 heterocycles. The predicted molar refractivity (Wildman–Crippen MR) is 156 cm³/mol.